The number of nitrogens with one attached hydrogen (secondary N) is 1. The molecule has 0 saturated heterocycles. The number of nitrogens with zero attached hydrogens (tertiary/aromatic N) is 4. The van der Waals surface area contributed by atoms with Crippen LogP contribution in [0.1, 0.15) is 0 Å². The highest BCUT2D eigenvalue weighted by molar-refractivity contribution is 6.11. The molecule has 3 N–H and O–H groups in total. The van der Waals surface area contributed by atoms with Gasteiger partial charge in [-0.05, 0) is 34.6 Å². The molecule has 1 atom stereocenters. The number of anilines is 4. The zero-order valence-corrected chi connectivity index (χ0v) is 17.4. The Morgan fingerprint density at radius 1 is 0.806 bits per heavy atom. The molecule has 11 heteroatoms. The molecular weight excluding hydrogens is 404 g/mol. The molecule has 1 unspecified atom stereocenters. The number of aromatic nitrogens is 2. The molecule has 1 aliphatic rings. The van der Waals surface area contributed by atoms with Gasteiger partial charge in [-0.3, -0.25) is 15.2 Å². The summed E-state index contributed by atoms with van der Waals surface area (Å²) in [5.41, 5.74) is 7.70. The minimum atomic E-state index is -0.884. The van der Waals surface area contributed by atoms with Crippen LogP contribution in [0.2, 0.25) is 0 Å². The number of ether oxygens (including phenoxy) is 4. The zero-order chi connectivity index (χ0) is 22.1. The lowest BCUT2D eigenvalue weighted by Crippen LogP contribution is -2.54. The van der Waals surface area contributed by atoms with Crippen LogP contribution in [0, 0.1) is 5.41 Å². The molecule has 0 spiro atoms. The van der Waals surface area contributed by atoms with E-state index in [1.807, 2.05) is 0 Å². The number of benzene rings is 2. The minimum absolute atomic E-state index is 0.0604. The summed E-state index contributed by atoms with van der Waals surface area (Å²) in [7, 11) is 6.19. The van der Waals surface area contributed by atoms with Crippen LogP contribution in [0.15, 0.2) is 41.0 Å². The summed E-state index contributed by atoms with van der Waals surface area (Å²) >= 11 is 0. The Kier molecular flexibility index (Phi) is 5.26. The van der Waals surface area contributed by atoms with Gasteiger partial charge in [0, 0.05) is 17.8 Å². The maximum atomic E-state index is 8.76. The van der Waals surface area contributed by atoms with E-state index in [4.69, 9.17) is 34.7 Å². The van der Waals surface area contributed by atoms with Crippen molar-refractivity contribution in [3.05, 3.63) is 36.4 Å². The van der Waals surface area contributed by atoms with Crippen molar-refractivity contribution >= 4 is 28.8 Å². The molecule has 31 heavy (non-hydrogen) atoms. The number of amidine groups is 1. The number of fused-ring (bicyclic) bond motifs is 1. The van der Waals surface area contributed by atoms with Gasteiger partial charge in [-0.25, -0.2) is 4.63 Å². The Morgan fingerprint density at radius 3 is 1.90 bits per heavy atom. The smallest absolute Gasteiger partial charge is 0.228 e. The Bertz CT molecular complexity index is 1120. The average Bonchev–Trinajstić information content (AvgIpc) is 3.27. The van der Waals surface area contributed by atoms with Crippen molar-refractivity contribution in [1.29, 1.82) is 5.41 Å². The molecule has 0 bridgehead atoms. The van der Waals surface area contributed by atoms with E-state index in [9.17, 15) is 0 Å². The van der Waals surface area contributed by atoms with Crippen LogP contribution in [-0.2, 0) is 0 Å². The van der Waals surface area contributed by atoms with Crippen LogP contribution in [-0.4, -0.2) is 50.8 Å². The normalized spacial score (nSPS) is 15.5. The van der Waals surface area contributed by atoms with Crippen molar-refractivity contribution in [3.63, 3.8) is 0 Å². The van der Waals surface area contributed by atoms with E-state index in [0.717, 1.165) is 0 Å². The van der Waals surface area contributed by atoms with Crippen LogP contribution in [0.25, 0.3) is 0 Å². The molecule has 2 heterocycles. The van der Waals surface area contributed by atoms with E-state index in [-0.39, 0.29) is 5.84 Å². The number of nitrogens with two attached hydrogens (primary N) is 1. The topological polar surface area (TPSA) is 132 Å². The molecule has 2 aromatic carbocycles. The van der Waals surface area contributed by atoms with Crippen molar-refractivity contribution in [1.82, 2.24) is 10.3 Å². The van der Waals surface area contributed by atoms with E-state index in [2.05, 4.69) is 10.3 Å². The first kappa shape index (κ1) is 20.3. The summed E-state index contributed by atoms with van der Waals surface area (Å²) in [4.78, 5) is 3.20. The van der Waals surface area contributed by atoms with Crippen LogP contribution >= 0.6 is 0 Å². The van der Waals surface area contributed by atoms with Gasteiger partial charge in [-0.2, -0.15) is 0 Å². The second kappa shape index (κ2) is 8.03. The largest absolute Gasteiger partial charge is 0.493 e. The highest BCUT2D eigenvalue weighted by Gasteiger charge is 2.40. The van der Waals surface area contributed by atoms with E-state index in [1.54, 1.807) is 67.5 Å². The Labute approximate surface area is 178 Å². The fourth-order valence-electron chi connectivity index (χ4n) is 3.46. The summed E-state index contributed by atoms with van der Waals surface area (Å²) < 4.78 is 26.4. The molecule has 1 aliphatic heterocycles. The van der Waals surface area contributed by atoms with Crippen molar-refractivity contribution in [3.8, 4) is 23.0 Å². The molecule has 162 valence electrons. The minimum Gasteiger partial charge on any atom is -0.493 e. The van der Waals surface area contributed by atoms with E-state index in [0.29, 0.717) is 46.0 Å². The van der Waals surface area contributed by atoms with Crippen molar-refractivity contribution < 1.29 is 23.6 Å². The standard InChI is InChI=1S/C20H22N6O5/c1-27-13-7-5-11(9-15(13)29-3)25-17(21)18(22)26(20-19(25)23-31-24-20)12-6-8-14(28-2)16(10-12)30-4/h5-10,17,22H,21H2,1-4H3. The first-order valence-electron chi connectivity index (χ1n) is 9.24. The summed E-state index contributed by atoms with van der Waals surface area (Å²) in [6.45, 7) is 0. The molecule has 4 rings (SSSR count). The quantitative estimate of drug-likeness (QED) is 0.606. The van der Waals surface area contributed by atoms with Gasteiger partial charge in [-0.15, -0.1) is 0 Å². The summed E-state index contributed by atoms with van der Waals surface area (Å²) in [6, 6.07) is 10.5. The molecular formula is C20H22N6O5. The fraction of sp³-hybridized carbons (Fsp3) is 0.250. The molecule has 0 saturated carbocycles. The molecule has 3 aromatic rings. The third kappa shape index (κ3) is 3.24. The second-order valence-corrected chi connectivity index (χ2v) is 6.53. The average molecular weight is 426 g/mol. The predicted octanol–water partition coefficient (Wildman–Crippen LogP) is 2.66. The van der Waals surface area contributed by atoms with Crippen LogP contribution in [0.4, 0.5) is 23.0 Å². The van der Waals surface area contributed by atoms with Gasteiger partial charge in [0.2, 0.25) is 11.6 Å². The SMILES string of the molecule is COc1ccc(N2C(=N)C(N)N(c3ccc(OC)c(OC)c3)c3nonc32)cc1OC. The number of rotatable bonds is 6. The van der Waals surface area contributed by atoms with E-state index in [1.165, 1.54) is 7.11 Å². The molecule has 0 radical (unpaired) electrons. The number of hydrogen-bond donors (Lipinski definition) is 2. The Balaban J connectivity index is 1.81. The summed E-state index contributed by atoms with van der Waals surface area (Å²) in [5, 5.41) is 16.8. The molecule has 1 aromatic heterocycles. The number of methoxy groups -OCH3 is 4. The van der Waals surface area contributed by atoms with Gasteiger partial charge in [0.05, 0.1) is 34.1 Å². The van der Waals surface area contributed by atoms with Gasteiger partial charge in [0.15, 0.2) is 23.0 Å². The molecule has 11 nitrogen and oxygen atoms in total. The Morgan fingerprint density at radius 2 is 1.32 bits per heavy atom. The lowest BCUT2D eigenvalue weighted by Gasteiger charge is -2.38. The molecule has 0 fully saturated rings. The molecule has 0 aliphatic carbocycles. The molecule has 0 amide bonds. The third-order valence-electron chi connectivity index (χ3n) is 4.96. The van der Waals surface area contributed by atoms with Crippen molar-refractivity contribution in [2.45, 2.75) is 6.17 Å². The highest BCUT2D eigenvalue weighted by atomic mass is 16.6. The maximum Gasteiger partial charge on any atom is 0.228 e. The van der Waals surface area contributed by atoms with Gasteiger partial charge in [0.1, 0.15) is 12.0 Å². The second-order valence-electron chi connectivity index (χ2n) is 6.53. The summed E-state index contributed by atoms with van der Waals surface area (Å²) in [5.74, 6) is 2.87. The zero-order valence-electron chi connectivity index (χ0n) is 17.4. The number of hydrogen-bond acceptors (Lipinski definition) is 10. The van der Waals surface area contributed by atoms with E-state index < -0.39 is 6.17 Å². The van der Waals surface area contributed by atoms with E-state index >= 15 is 0 Å². The lowest BCUT2D eigenvalue weighted by molar-refractivity contribution is 0.309. The van der Waals surface area contributed by atoms with Crippen LogP contribution in [0.3, 0.4) is 0 Å². The van der Waals surface area contributed by atoms with Crippen molar-refractivity contribution in [2.75, 3.05) is 38.2 Å². The Hall–Kier alpha value is -3.99. The van der Waals surface area contributed by atoms with Crippen molar-refractivity contribution in [2.24, 2.45) is 5.73 Å². The van der Waals surface area contributed by atoms with Crippen LogP contribution in [0.5, 0.6) is 23.0 Å². The summed E-state index contributed by atoms with van der Waals surface area (Å²) in [6.07, 6.45) is -0.884. The van der Waals surface area contributed by atoms with Crippen LogP contribution < -0.4 is 34.5 Å². The third-order valence-corrected chi connectivity index (χ3v) is 4.96. The van der Waals surface area contributed by atoms with Gasteiger partial charge in [-0.1, -0.05) is 0 Å². The first-order valence-corrected chi connectivity index (χ1v) is 9.24. The maximum absolute atomic E-state index is 8.76. The highest BCUT2D eigenvalue weighted by Crippen LogP contribution is 2.44. The first-order chi connectivity index (χ1) is 15.0. The predicted molar refractivity (Wildman–Crippen MR) is 113 cm³/mol. The van der Waals surface area contributed by atoms with Gasteiger partial charge in [0.25, 0.3) is 0 Å². The van der Waals surface area contributed by atoms with Gasteiger partial charge < -0.3 is 24.7 Å². The fourth-order valence-corrected chi connectivity index (χ4v) is 3.46. The van der Waals surface area contributed by atoms with Gasteiger partial charge >= 0.3 is 0 Å². The lowest BCUT2D eigenvalue weighted by atomic mass is 10.1. The monoisotopic (exact) mass is 426 g/mol.